The SMILES string of the molecule is CC1CNCCN1Nc1cccc2[nH]cnc12. The van der Waals surface area contributed by atoms with E-state index in [1.807, 2.05) is 12.1 Å². The Hall–Kier alpha value is -1.59. The van der Waals surface area contributed by atoms with Gasteiger partial charge in [-0.15, -0.1) is 0 Å². The van der Waals surface area contributed by atoms with E-state index in [9.17, 15) is 0 Å². The molecule has 5 nitrogen and oxygen atoms in total. The summed E-state index contributed by atoms with van der Waals surface area (Å²) in [6.45, 7) is 5.25. The van der Waals surface area contributed by atoms with E-state index in [0.29, 0.717) is 6.04 Å². The molecule has 5 heteroatoms. The molecule has 1 aromatic carbocycles. The average molecular weight is 231 g/mol. The number of aromatic amines is 1. The maximum absolute atomic E-state index is 4.35. The summed E-state index contributed by atoms with van der Waals surface area (Å²) in [5, 5.41) is 5.64. The van der Waals surface area contributed by atoms with Gasteiger partial charge >= 0.3 is 0 Å². The van der Waals surface area contributed by atoms with Gasteiger partial charge < -0.3 is 15.7 Å². The summed E-state index contributed by atoms with van der Waals surface area (Å²) in [6.07, 6.45) is 1.73. The highest BCUT2D eigenvalue weighted by atomic mass is 15.5. The highest BCUT2D eigenvalue weighted by molar-refractivity contribution is 5.87. The Morgan fingerprint density at radius 2 is 2.41 bits per heavy atom. The quantitative estimate of drug-likeness (QED) is 0.726. The molecule has 17 heavy (non-hydrogen) atoms. The number of hydrazine groups is 1. The second-order valence-electron chi connectivity index (χ2n) is 4.46. The van der Waals surface area contributed by atoms with Crippen LogP contribution < -0.4 is 10.7 Å². The number of rotatable bonds is 2. The first-order valence-corrected chi connectivity index (χ1v) is 6.01. The molecule has 1 atom stereocenters. The van der Waals surface area contributed by atoms with Crippen LogP contribution in [0.5, 0.6) is 0 Å². The lowest BCUT2D eigenvalue weighted by Crippen LogP contribution is -2.52. The molecule has 2 heterocycles. The molecule has 0 aliphatic carbocycles. The molecule has 1 aliphatic rings. The number of nitrogens with one attached hydrogen (secondary N) is 3. The van der Waals surface area contributed by atoms with Crippen molar-refractivity contribution in [2.75, 3.05) is 25.1 Å². The fraction of sp³-hybridized carbons (Fsp3) is 0.417. The van der Waals surface area contributed by atoms with Crippen molar-refractivity contribution < 1.29 is 0 Å². The summed E-state index contributed by atoms with van der Waals surface area (Å²) in [6, 6.07) is 6.63. The molecule has 90 valence electrons. The van der Waals surface area contributed by atoms with E-state index in [2.05, 4.69) is 38.7 Å². The number of anilines is 1. The van der Waals surface area contributed by atoms with Crippen molar-refractivity contribution in [3.8, 4) is 0 Å². The van der Waals surface area contributed by atoms with Gasteiger partial charge in [0, 0.05) is 25.7 Å². The summed E-state index contributed by atoms with van der Waals surface area (Å²) < 4.78 is 0. The van der Waals surface area contributed by atoms with Crippen molar-refractivity contribution in [1.29, 1.82) is 0 Å². The fourth-order valence-corrected chi connectivity index (χ4v) is 2.22. The highest BCUT2D eigenvalue weighted by Gasteiger charge is 2.18. The summed E-state index contributed by atoms with van der Waals surface area (Å²) in [4.78, 5) is 7.48. The van der Waals surface area contributed by atoms with Crippen molar-refractivity contribution in [1.82, 2.24) is 20.3 Å². The third-order valence-corrected chi connectivity index (χ3v) is 3.22. The molecule has 2 aromatic rings. The van der Waals surface area contributed by atoms with Crippen molar-refractivity contribution in [3.05, 3.63) is 24.5 Å². The number of para-hydroxylation sites is 1. The number of imidazole rings is 1. The Morgan fingerprint density at radius 3 is 3.29 bits per heavy atom. The van der Waals surface area contributed by atoms with Crippen LogP contribution in [0.25, 0.3) is 11.0 Å². The van der Waals surface area contributed by atoms with Gasteiger partial charge in [-0.2, -0.15) is 0 Å². The Balaban J connectivity index is 1.86. The minimum absolute atomic E-state index is 0.484. The first kappa shape index (κ1) is 10.6. The predicted molar refractivity (Wildman–Crippen MR) is 68.8 cm³/mol. The van der Waals surface area contributed by atoms with Gasteiger partial charge in [-0.25, -0.2) is 9.99 Å². The molecule has 1 aliphatic heterocycles. The van der Waals surface area contributed by atoms with E-state index < -0.39 is 0 Å². The zero-order valence-corrected chi connectivity index (χ0v) is 9.90. The minimum atomic E-state index is 0.484. The summed E-state index contributed by atoms with van der Waals surface area (Å²) >= 11 is 0. The van der Waals surface area contributed by atoms with Gasteiger partial charge in [0.05, 0.1) is 17.5 Å². The van der Waals surface area contributed by atoms with Crippen LogP contribution in [0.2, 0.25) is 0 Å². The maximum Gasteiger partial charge on any atom is 0.113 e. The largest absolute Gasteiger partial charge is 0.345 e. The first-order chi connectivity index (χ1) is 8.34. The lowest BCUT2D eigenvalue weighted by Gasteiger charge is -2.34. The van der Waals surface area contributed by atoms with Crippen LogP contribution in [0.1, 0.15) is 6.92 Å². The third-order valence-electron chi connectivity index (χ3n) is 3.22. The maximum atomic E-state index is 4.35. The summed E-state index contributed by atoms with van der Waals surface area (Å²) in [5.74, 6) is 0. The zero-order valence-electron chi connectivity index (χ0n) is 9.90. The summed E-state index contributed by atoms with van der Waals surface area (Å²) in [5.41, 5.74) is 6.60. The Labute approximate surface area is 100 Å². The third kappa shape index (κ3) is 1.99. The van der Waals surface area contributed by atoms with Gasteiger partial charge in [0.15, 0.2) is 0 Å². The van der Waals surface area contributed by atoms with E-state index in [-0.39, 0.29) is 0 Å². The number of piperazine rings is 1. The molecule has 1 fully saturated rings. The van der Waals surface area contributed by atoms with Gasteiger partial charge in [0.25, 0.3) is 0 Å². The topological polar surface area (TPSA) is 56.0 Å². The predicted octanol–water partition coefficient (Wildman–Crippen LogP) is 1.18. The Kier molecular flexibility index (Phi) is 2.70. The zero-order chi connectivity index (χ0) is 11.7. The van der Waals surface area contributed by atoms with Crippen LogP contribution in [0.3, 0.4) is 0 Å². The summed E-state index contributed by atoms with van der Waals surface area (Å²) in [7, 11) is 0. The van der Waals surface area contributed by atoms with Gasteiger partial charge in [-0.05, 0) is 19.1 Å². The molecule has 0 spiro atoms. The second-order valence-corrected chi connectivity index (χ2v) is 4.46. The normalized spacial score (nSPS) is 21.8. The van der Waals surface area contributed by atoms with Gasteiger partial charge in [-0.1, -0.05) is 6.07 Å². The molecule has 3 rings (SSSR count). The molecule has 0 bridgehead atoms. The Morgan fingerprint density at radius 1 is 1.47 bits per heavy atom. The lowest BCUT2D eigenvalue weighted by molar-refractivity contribution is 0.212. The smallest absolute Gasteiger partial charge is 0.113 e. The molecule has 1 aromatic heterocycles. The van der Waals surface area contributed by atoms with E-state index in [1.165, 1.54) is 0 Å². The van der Waals surface area contributed by atoms with Crippen LogP contribution in [-0.2, 0) is 0 Å². The number of hydrogen-bond acceptors (Lipinski definition) is 4. The van der Waals surface area contributed by atoms with Crippen molar-refractivity contribution in [2.24, 2.45) is 0 Å². The van der Waals surface area contributed by atoms with Gasteiger partial charge in [0.2, 0.25) is 0 Å². The van der Waals surface area contributed by atoms with E-state index >= 15 is 0 Å². The number of nitrogens with zero attached hydrogens (tertiary/aromatic N) is 2. The molecule has 3 N–H and O–H groups in total. The molecule has 0 amide bonds. The second kappa shape index (κ2) is 4.35. The average Bonchev–Trinajstić information content (AvgIpc) is 2.81. The lowest BCUT2D eigenvalue weighted by atomic mass is 10.2. The molecule has 1 saturated heterocycles. The molecule has 1 unspecified atom stereocenters. The molecular weight excluding hydrogens is 214 g/mol. The van der Waals surface area contributed by atoms with Crippen molar-refractivity contribution in [2.45, 2.75) is 13.0 Å². The van der Waals surface area contributed by atoms with Crippen LogP contribution in [-0.4, -0.2) is 40.7 Å². The number of hydrogen-bond donors (Lipinski definition) is 3. The highest BCUT2D eigenvalue weighted by Crippen LogP contribution is 2.20. The van der Waals surface area contributed by atoms with Crippen molar-refractivity contribution >= 4 is 16.7 Å². The number of fused-ring (bicyclic) bond motifs is 1. The molecule has 0 radical (unpaired) electrons. The van der Waals surface area contributed by atoms with Crippen molar-refractivity contribution in [3.63, 3.8) is 0 Å². The fourth-order valence-electron chi connectivity index (χ4n) is 2.22. The standard InChI is InChI=1S/C12H17N5/c1-9-7-13-5-6-17(9)16-11-4-2-3-10-12(11)15-8-14-10/h2-4,8-9,13,16H,5-7H2,1H3,(H,14,15). The first-order valence-electron chi connectivity index (χ1n) is 6.01. The molecular formula is C12H17N5. The number of benzene rings is 1. The Bertz CT molecular complexity index is 506. The minimum Gasteiger partial charge on any atom is -0.345 e. The van der Waals surface area contributed by atoms with E-state index in [4.69, 9.17) is 0 Å². The number of aromatic nitrogens is 2. The van der Waals surface area contributed by atoms with E-state index in [0.717, 1.165) is 36.4 Å². The number of H-pyrrole nitrogens is 1. The van der Waals surface area contributed by atoms with Crippen LogP contribution in [0.4, 0.5) is 5.69 Å². The molecule has 0 saturated carbocycles. The van der Waals surface area contributed by atoms with Crippen LogP contribution in [0, 0.1) is 0 Å². The monoisotopic (exact) mass is 231 g/mol. The van der Waals surface area contributed by atoms with E-state index in [1.54, 1.807) is 6.33 Å². The van der Waals surface area contributed by atoms with Gasteiger partial charge in [0.1, 0.15) is 5.52 Å². The van der Waals surface area contributed by atoms with Gasteiger partial charge in [-0.3, -0.25) is 0 Å². The van der Waals surface area contributed by atoms with Crippen LogP contribution in [0.15, 0.2) is 24.5 Å². The van der Waals surface area contributed by atoms with Crippen LogP contribution >= 0.6 is 0 Å².